The van der Waals surface area contributed by atoms with E-state index in [0.717, 1.165) is 31.9 Å². The van der Waals surface area contributed by atoms with Gasteiger partial charge in [-0.25, -0.2) is 0 Å². The fraction of sp³-hybridized carbons (Fsp3) is 0.632. The molecular formula is C19H32IN3O3. The topological polar surface area (TPSA) is 75.1 Å². The van der Waals surface area contributed by atoms with Crippen LogP contribution in [0.4, 0.5) is 0 Å². The fourth-order valence-electron chi connectivity index (χ4n) is 2.23. The largest absolute Gasteiger partial charge is 0.494 e. The number of benzene rings is 1. The zero-order valence-corrected chi connectivity index (χ0v) is 17.9. The molecule has 26 heavy (non-hydrogen) atoms. The second-order valence-electron chi connectivity index (χ2n) is 6.30. The van der Waals surface area contributed by atoms with Gasteiger partial charge in [-0.3, -0.25) is 4.99 Å². The standard InChI is InChI=1S/C19H31N3O3.HI/c1-2-20-19(22-13-17(23)15-24-14-16-9-10-16)21-11-6-12-25-18-7-4-3-5-8-18;/h3-5,7-8,16-17,23H,2,6,9-15H2,1H3,(H2,20,21,22);1H. The first-order chi connectivity index (χ1) is 12.3. The van der Waals surface area contributed by atoms with Gasteiger partial charge < -0.3 is 25.2 Å². The molecule has 1 aromatic rings. The predicted octanol–water partition coefficient (Wildman–Crippen LogP) is 2.42. The van der Waals surface area contributed by atoms with E-state index in [1.807, 2.05) is 37.3 Å². The molecule has 0 saturated heterocycles. The first-order valence-corrected chi connectivity index (χ1v) is 9.23. The van der Waals surface area contributed by atoms with Crippen molar-refractivity contribution in [1.82, 2.24) is 10.6 Å². The minimum absolute atomic E-state index is 0. The van der Waals surface area contributed by atoms with E-state index in [-0.39, 0.29) is 24.0 Å². The lowest BCUT2D eigenvalue weighted by molar-refractivity contribution is 0.0368. The van der Waals surface area contributed by atoms with Crippen LogP contribution >= 0.6 is 24.0 Å². The molecule has 148 valence electrons. The lowest BCUT2D eigenvalue weighted by atomic mass is 10.3. The molecule has 7 heteroatoms. The van der Waals surface area contributed by atoms with Gasteiger partial charge in [0.05, 0.1) is 25.9 Å². The van der Waals surface area contributed by atoms with E-state index in [2.05, 4.69) is 15.6 Å². The Kier molecular flexibility index (Phi) is 12.4. The maximum Gasteiger partial charge on any atom is 0.191 e. The van der Waals surface area contributed by atoms with Crippen molar-refractivity contribution in [2.45, 2.75) is 32.3 Å². The van der Waals surface area contributed by atoms with Crippen molar-refractivity contribution in [3.63, 3.8) is 0 Å². The van der Waals surface area contributed by atoms with E-state index >= 15 is 0 Å². The Balaban J connectivity index is 0.00000338. The van der Waals surface area contributed by atoms with Crippen LogP contribution in [0.3, 0.4) is 0 Å². The number of hydrogen-bond donors (Lipinski definition) is 3. The SMILES string of the molecule is CCNC(=NCC(O)COCC1CC1)NCCCOc1ccccc1.I. The Morgan fingerprint density at radius 3 is 2.73 bits per heavy atom. The first kappa shape index (κ1) is 23.0. The van der Waals surface area contributed by atoms with Crippen LogP contribution in [0.15, 0.2) is 35.3 Å². The Bertz CT molecular complexity index is 498. The van der Waals surface area contributed by atoms with Gasteiger partial charge in [-0.05, 0) is 44.2 Å². The molecule has 0 aliphatic heterocycles. The number of halogens is 1. The Labute approximate surface area is 173 Å². The summed E-state index contributed by atoms with van der Waals surface area (Å²) in [6.45, 7) is 5.65. The molecule has 0 amide bonds. The highest BCUT2D eigenvalue weighted by molar-refractivity contribution is 14.0. The van der Waals surface area contributed by atoms with Crippen molar-refractivity contribution in [3.8, 4) is 5.75 Å². The summed E-state index contributed by atoms with van der Waals surface area (Å²) in [6.07, 6.45) is 2.83. The summed E-state index contributed by atoms with van der Waals surface area (Å²) in [6, 6.07) is 9.79. The molecule has 0 heterocycles. The second-order valence-corrected chi connectivity index (χ2v) is 6.30. The summed E-state index contributed by atoms with van der Waals surface area (Å²) in [5.41, 5.74) is 0. The zero-order chi connectivity index (χ0) is 17.7. The van der Waals surface area contributed by atoms with Gasteiger partial charge in [-0.1, -0.05) is 18.2 Å². The normalized spacial score (nSPS) is 15.1. The summed E-state index contributed by atoms with van der Waals surface area (Å²) in [4.78, 5) is 4.41. The van der Waals surface area contributed by atoms with Crippen LogP contribution in [0.25, 0.3) is 0 Å². The molecule has 0 aromatic heterocycles. The summed E-state index contributed by atoms with van der Waals surface area (Å²) >= 11 is 0. The van der Waals surface area contributed by atoms with Gasteiger partial charge >= 0.3 is 0 Å². The number of hydrogen-bond acceptors (Lipinski definition) is 4. The zero-order valence-electron chi connectivity index (χ0n) is 15.5. The number of guanidine groups is 1. The monoisotopic (exact) mass is 477 g/mol. The van der Waals surface area contributed by atoms with Gasteiger partial charge in [0, 0.05) is 19.7 Å². The Hall–Kier alpha value is -1.06. The molecule has 0 bridgehead atoms. The Morgan fingerprint density at radius 1 is 1.27 bits per heavy atom. The quantitative estimate of drug-likeness (QED) is 0.187. The Morgan fingerprint density at radius 2 is 2.04 bits per heavy atom. The third-order valence-electron chi connectivity index (χ3n) is 3.79. The highest BCUT2D eigenvalue weighted by Gasteiger charge is 2.21. The molecule has 0 radical (unpaired) electrons. The third-order valence-corrected chi connectivity index (χ3v) is 3.79. The van der Waals surface area contributed by atoms with Crippen molar-refractivity contribution in [2.24, 2.45) is 10.9 Å². The van der Waals surface area contributed by atoms with Gasteiger partial charge in [0.15, 0.2) is 5.96 Å². The van der Waals surface area contributed by atoms with E-state index in [9.17, 15) is 5.11 Å². The van der Waals surface area contributed by atoms with Crippen LogP contribution in [-0.2, 0) is 4.74 Å². The number of aliphatic imine (C=N–C) groups is 1. The average molecular weight is 477 g/mol. The lowest BCUT2D eigenvalue weighted by Gasteiger charge is -2.13. The number of nitrogens with zero attached hydrogens (tertiary/aromatic N) is 1. The minimum atomic E-state index is -0.560. The van der Waals surface area contributed by atoms with Crippen LogP contribution in [0.1, 0.15) is 26.2 Å². The lowest BCUT2D eigenvalue weighted by Crippen LogP contribution is -2.39. The van der Waals surface area contributed by atoms with Crippen LogP contribution < -0.4 is 15.4 Å². The summed E-state index contributed by atoms with van der Waals surface area (Å²) in [5, 5.41) is 16.4. The maximum absolute atomic E-state index is 9.93. The molecule has 1 aromatic carbocycles. The molecule has 1 aliphatic rings. The molecule has 1 unspecified atom stereocenters. The van der Waals surface area contributed by atoms with Crippen molar-refractivity contribution in [2.75, 3.05) is 39.5 Å². The molecule has 0 spiro atoms. The number of aliphatic hydroxyl groups excluding tert-OH is 1. The number of nitrogens with one attached hydrogen (secondary N) is 2. The van der Waals surface area contributed by atoms with Crippen LogP contribution in [0, 0.1) is 5.92 Å². The van der Waals surface area contributed by atoms with E-state index < -0.39 is 6.10 Å². The number of ether oxygens (including phenoxy) is 2. The van der Waals surface area contributed by atoms with Crippen LogP contribution in [0.2, 0.25) is 0 Å². The van der Waals surface area contributed by atoms with Crippen molar-refractivity contribution in [1.29, 1.82) is 0 Å². The summed E-state index contributed by atoms with van der Waals surface area (Å²) in [5.74, 6) is 2.31. The highest BCUT2D eigenvalue weighted by atomic mass is 127. The summed E-state index contributed by atoms with van der Waals surface area (Å²) in [7, 11) is 0. The first-order valence-electron chi connectivity index (χ1n) is 9.23. The molecule has 1 aliphatic carbocycles. The second kappa shape index (κ2) is 14.1. The fourth-order valence-corrected chi connectivity index (χ4v) is 2.23. The number of para-hydroxylation sites is 1. The van der Waals surface area contributed by atoms with Gasteiger partial charge in [-0.15, -0.1) is 24.0 Å². The smallest absolute Gasteiger partial charge is 0.191 e. The number of rotatable bonds is 12. The molecule has 1 atom stereocenters. The van der Waals surface area contributed by atoms with Crippen LogP contribution in [-0.4, -0.2) is 56.6 Å². The average Bonchev–Trinajstić information content (AvgIpc) is 3.44. The molecule has 1 fully saturated rings. The molecule has 1 saturated carbocycles. The molecule has 3 N–H and O–H groups in total. The van der Waals surface area contributed by atoms with Crippen LogP contribution in [0.5, 0.6) is 5.75 Å². The minimum Gasteiger partial charge on any atom is -0.494 e. The van der Waals surface area contributed by atoms with Gasteiger partial charge in [0.2, 0.25) is 0 Å². The highest BCUT2D eigenvalue weighted by Crippen LogP contribution is 2.28. The van der Waals surface area contributed by atoms with Crippen molar-refractivity contribution >= 4 is 29.9 Å². The van der Waals surface area contributed by atoms with Gasteiger partial charge in [0.25, 0.3) is 0 Å². The molecule has 6 nitrogen and oxygen atoms in total. The maximum atomic E-state index is 9.93. The molecule has 2 rings (SSSR count). The van der Waals surface area contributed by atoms with E-state index in [4.69, 9.17) is 9.47 Å². The molecular weight excluding hydrogens is 445 g/mol. The van der Waals surface area contributed by atoms with Crippen molar-refractivity contribution < 1.29 is 14.6 Å². The number of aliphatic hydroxyl groups is 1. The van der Waals surface area contributed by atoms with Gasteiger partial charge in [-0.2, -0.15) is 0 Å². The van der Waals surface area contributed by atoms with E-state index in [1.54, 1.807) is 0 Å². The van der Waals surface area contributed by atoms with Gasteiger partial charge in [0.1, 0.15) is 5.75 Å². The van der Waals surface area contributed by atoms with E-state index in [1.165, 1.54) is 12.8 Å². The van der Waals surface area contributed by atoms with E-state index in [0.29, 0.717) is 31.6 Å². The predicted molar refractivity (Wildman–Crippen MR) is 116 cm³/mol. The summed E-state index contributed by atoms with van der Waals surface area (Å²) < 4.78 is 11.1. The third kappa shape index (κ3) is 10.8. The van der Waals surface area contributed by atoms with Crippen molar-refractivity contribution in [3.05, 3.63) is 30.3 Å².